The van der Waals surface area contributed by atoms with Gasteiger partial charge in [0.15, 0.2) is 5.13 Å². The number of hydrogen-bond acceptors (Lipinski definition) is 4. The Morgan fingerprint density at radius 1 is 1.12 bits per heavy atom. The lowest BCUT2D eigenvalue weighted by Crippen LogP contribution is -2.26. The number of hydrogen-bond donors (Lipinski definition) is 1. The van der Waals surface area contributed by atoms with Crippen LogP contribution < -0.4 is 5.32 Å². The van der Waals surface area contributed by atoms with Gasteiger partial charge in [-0.05, 0) is 23.6 Å². The van der Waals surface area contributed by atoms with Crippen LogP contribution in [0.5, 0.6) is 0 Å². The van der Waals surface area contributed by atoms with Crippen LogP contribution in [-0.4, -0.2) is 15.9 Å². The van der Waals surface area contributed by atoms with Crippen LogP contribution >= 0.6 is 11.3 Å². The highest BCUT2D eigenvalue weighted by Gasteiger charge is 2.26. The summed E-state index contributed by atoms with van der Waals surface area (Å²) >= 11 is 1.42. The summed E-state index contributed by atoms with van der Waals surface area (Å²) in [5.41, 5.74) is 2.62. The van der Waals surface area contributed by atoms with Crippen molar-refractivity contribution in [3.05, 3.63) is 65.7 Å². The molecule has 0 saturated heterocycles. The predicted molar refractivity (Wildman–Crippen MR) is 103 cm³/mol. The van der Waals surface area contributed by atoms with Crippen molar-refractivity contribution in [2.24, 2.45) is 5.92 Å². The van der Waals surface area contributed by atoms with Crippen molar-refractivity contribution in [2.45, 2.75) is 26.2 Å². The molecule has 0 radical (unpaired) electrons. The van der Waals surface area contributed by atoms with E-state index in [0.717, 1.165) is 23.4 Å². The number of carbonyl (C=O) groups is 1. The molecular formula is C20H21N3OS. The van der Waals surface area contributed by atoms with E-state index in [9.17, 15) is 4.79 Å². The summed E-state index contributed by atoms with van der Waals surface area (Å²) in [4.78, 5) is 21.7. The topological polar surface area (TPSA) is 54.9 Å². The summed E-state index contributed by atoms with van der Waals surface area (Å²) in [6.45, 7) is 4.22. The Hall–Kier alpha value is -2.53. The molecule has 5 heteroatoms. The van der Waals surface area contributed by atoms with E-state index in [2.05, 4.69) is 29.1 Å². The molecule has 2 heterocycles. The summed E-state index contributed by atoms with van der Waals surface area (Å²) in [6.07, 6.45) is 2.67. The van der Waals surface area contributed by atoms with Gasteiger partial charge in [0, 0.05) is 11.6 Å². The van der Waals surface area contributed by atoms with Crippen LogP contribution in [0.4, 0.5) is 5.13 Å². The number of pyridine rings is 1. The van der Waals surface area contributed by atoms with Gasteiger partial charge in [-0.2, -0.15) is 0 Å². The maximum atomic E-state index is 12.9. The molecule has 0 aliphatic carbocycles. The van der Waals surface area contributed by atoms with Crippen LogP contribution in [0.3, 0.4) is 0 Å². The molecule has 3 rings (SSSR count). The molecule has 1 aromatic carbocycles. The van der Waals surface area contributed by atoms with Gasteiger partial charge in [0.25, 0.3) is 0 Å². The van der Waals surface area contributed by atoms with Crippen molar-refractivity contribution in [3.8, 4) is 11.4 Å². The van der Waals surface area contributed by atoms with Gasteiger partial charge < -0.3 is 5.32 Å². The van der Waals surface area contributed by atoms with Gasteiger partial charge in [0.2, 0.25) is 5.91 Å². The smallest absolute Gasteiger partial charge is 0.233 e. The fraction of sp³-hybridized carbons (Fsp3) is 0.250. The molecule has 0 saturated carbocycles. The second-order valence-electron chi connectivity index (χ2n) is 6.02. The van der Waals surface area contributed by atoms with Crippen LogP contribution in [0, 0.1) is 5.92 Å². The Labute approximate surface area is 152 Å². The number of benzene rings is 1. The van der Waals surface area contributed by atoms with Crippen molar-refractivity contribution in [1.82, 2.24) is 9.97 Å². The van der Waals surface area contributed by atoms with Crippen molar-refractivity contribution >= 4 is 22.4 Å². The molecule has 0 bridgehead atoms. The van der Waals surface area contributed by atoms with Crippen LogP contribution in [0.15, 0.2) is 60.1 Å². The quantitative estimate of drug-likeness (QED) is 0.682. The summed E-state index contributed by atoms with van der Waals surface area (Å²) in [7, 11) is 0. The third-order valence-corrected chi connectivity index (χ3v) is 5.07. The first-order chi connectivity index (χ1) is 12.2. The van der Waals surface area contributed by atoms with Crippen molar-refractivity contribution < 1.29 is 4.79 Å². The second kappa shape index (κ2) is 8.03. The van der Waals surface area contributed by atoms with E-state index >= 15 is 0 Å². The molecule has 0 unspecified atom stereocenters. The van der Waals surface area contributed by atoms with Crippen molar-refractivity contribution in [1.29, 1.82) is 0 Å². The molecule has 25 heavy (non-hydrogen) atoms. The first kappa shape index (κ1) is 17.3. The number of carbonyl (C=O) groups excluding carboxylic acids is 1. The first-order valence-corrected chi connectivity index (χ1v) is 9.29. The van der Waals surface area contributed by atoms with Gasteiger partial charge in [-0.1, -0.05) is 56.7 Å². The van der Waals surface area contributed by atoms with E-state index in [1.165, 1.54) is 11.3 Å². The highest BCUT2D eigenvalue weighted by atomic mass is 32.1. The van der Waals surface area contributed by atoms with E-state index < -0.39 is 0 Å². The summed E-state index contributed by atoms with van der Waals surface area (Å²) in [5, 5.41) is 5.51. The van der Waals surface area contributed by atoms with Crippen LogP contribution in [0.25, 0.3) is 11.4 Å². The Morgan fingerprint density at radius 3 is 2.56 bits per heavy atom. The molecule has 0 fully saturated rings. The maximum absolute atomic E-state index is 12.9. The minimum Gasteiger partial charge on any atom is -0.301 e. The Morgan fingerprint density at radius 2 is 1.88 bits per heavy atom. The number of nitrogens with zero attached hydrogens (tertiary/aromatic N) is 2. The molecule has 4 nitrogen and oxygen atoms in total. The highest BCUT2D eigenvalue weighted by Crippen LogP contribution is 2.30. The fourth-order valence-corrected chi connectivity index (χ4v) is 3.49. The molecule has 0 spiro atoms. The monoisotopic (exact) mass is 351 g/mol. The van der Waals surface area contributed by atoms with E-state index in [0.29, 0.717) is 5.13 Å². The van der Waals surface area contributed by atoms with E-state index in [-0.39, 0.29) is 17.7 Å². The zero-order chi connectivity index (χ0) is 17.6. The average molecular weight is 351 g/mol. The van der Waals surface area contributed by atoms with Gasteiger partial charge >= 0.3 is 0 Å². The predicted octanol–water partition coefficient (Wildman–Crippen LogP) is 4.97. The largest absolute Gasteiger partial charge is 0.301 e. The van der Waals surface area contributed by atoms with Gasteiger partial charge in [0.1, 0.15) is 5.69 Å². The number of nitrogens with one attached hydrogen (secondary N) is 1. The lowest BCUT2D eigenvalue weighted by molar-refractivity contribution is -0.118. The number of anilines is 1. The fourth-order valence-electron chi connectivity index (χ4n) is 2.78. The van der Waals surface area contributed by atoms with E-state index in [4.69, 9.17) is 0 Å². The maximum Gasteiger partial charge on any atom is 0.233 e. The summed E-state index contributed by atoms with van der Waals surface area (Å²) in [6, 6.07) is 15.6. The number of rotatable bonds is 6. The van der Waals surface area contributed by atoms with Crippen molar-refractivity contribution in [2.75, 3.05) is 5.32 Å². The van der Waals surface area contributed by atoms with Gasteiger partial charge in [0.05, 0.1) is 11.6 Å². The van der Waals surface area contributed by atoms with Gasteiger partial charge in [-0.25, -0.2) is 4.98 Å². The third kappa shape index (κ3) is 4.12. The lowest BCUT2D eigenvalue weighted by atomic mass is 9.85. The lowest BCUT2D eigenvalue weighted by Gasteiger charge is -2.22. The zero-order valence-electron chi connectivity index (χ0n) is 14.3. The molecule has 1 N–H and O–H groups in total. The van der Waals surface area contributed by atoms with Gasteiger partial charge in [-0.15, -0.1) is 11.3 Å². The van der Waals surface area contributed by atoms with Crippen LogP contribution in [-0.2, 0) is 4.79 Å². The molecule has 1 amide bonds. The normalized spacial score (nSPS) is 13.2. The molecule has 2 atom stereocenters. The zero-order valence-corrected chi connectivity index (χ0v) is 15.2. The SMILES string of the molecule is CC[C@H](C)[C@@H](C(=O)Nc1nc(-c2ccccn2)cs1)c1ccccc1. The van der Waals surface area contributed by atoms with E-state index in [1.54, 1.807) is 6.20 Å². The Balaban J connectivity index is 1.79. The highest BCUT2D eigenvalue weighted by molar-refractivity contribution is 7.14. The average Bonchev–Trinajstić information content (AvgIpc) is 3.12. The summed E-state index contributed by atoms with van der Waals surface area (Å²) in [5.74, 6) is 0.0495. The molecular weight excluding hydrogens is 330 g/mol. The van der Waals surface area contributed by atoms with Crippen LogP contribution in [0.2, 0.25) is 0 Å². The van der Waals surface area contributed by atoms with Crippen LogP contribution in [0.1, 0.15) is 31.7 Å². The van der Waals surface area contributed by atoms with E-state index in [1.807, 2.05) is 53.9 Å². The molecule has 2 aromatic heterocycles. The first-order valence-electron chi connectivity index (χ1n) is 8.41. The second-order valence-corrected chi connectivity index (χ2v) is 6.87. The standard InChI is InChI=1S/C20H21N3OS/c1-3-14(2)18(15-9-5-4-6-10-15)19(24)23-20-22-17(13-25-20)16-11-7-8-12-21-16/h4-14,18H,3H2,1-2H3,(H,22,23,24)/t14-,18+/m0/s1. The number of thiazole rings is 1. The van der Waals surface area contributed by atoms with Crippen molar-refractivity contribution in [3.63, 3.8) is 0 Å². The number of aromatic nitrogens is 2. The minimum absolute atomic E-state index is 0.0116. The molecule has 0 aliphatic rings. The molecule has 128 valence electrons. The summed E-state index contributed by atoms with van der Waals surface area (Å²) < 4.78 is 0. The minimum atomic E-state index is -0.187. The number of amides is 1. The Bertz CT molecular complexity index is 817. The Kier molecular flexibility index (Phi) is 5.56. The molecule has 0 aliphatic heterocycles. The van der Waals surface area contributed by atoms with Gasteiger partial charge in [-0.3, -0.25) is 9.78 Å². The molecule has 3 aromatic rings. The third-order valence-electron chi connectivity index (χ3n) is 4.32.